The fourth-order valence-corrected chi connectivity index (χ4v) is 3.28. The highest BCUT2D eigenvalue weighted by atomic mass is 16.7. The average molecular weight is 322 g/mol. The summed E-state index contributed by atoms with van der Waals surface area (Å²) in [6.07, 6.45) is -8.39. The molecule has 9 atom stereocenters. The van der Waals surface area contributed by atoms with Gasteiger partial charge in [-0.05, 0) is 12.8 Å². The maximum absolute atomic E-state index is 10.5. The standard InChI is InChI=1S/C13H22O9/c1-19-11-9(16)7(14)6(4-20-11)22-12-13(18)3-2-5(21-12)8(15)10(13)17/h5-12,14-18H,2-4H2,1H3/t5-,6-,7+,8-,9-,10+,11-,12-,13-/m1/s1. The molecule has 0 amide bonds. The second-order valence-corrected chi connectivity index (χ2v) is 6.06. The quantitative estimate of drug-likeness (QED) is 0.369. The van der Waals surface area contributed by atoms with E-state index in [1.54, 1.807) is 0 Å². The molecule has 22 heavy (non-hydrogen) atoms. The van der Waals surface area contributed by atoms with Gasteiger partial charge in [-0.1, -0.05) is 0 Å². The Balaban J connectivity index is 1.69. The number of hydrogen-bond donors (Lipinski definition) is 5. The van der Waals surface area contributed by atoms with Gasteiger partial charge in [-0.2, -0.15) is 0 Å². The van der Waals surface area contributed by atoms with Gasteiger partial charge in [0.25, 0.3) is 0 Å². The number of methoxy groups -OCH3 is 1. The Morgan fingerprint density at radius 3 is 2.50 bits per heavy atom. The number of ether oxygens (including phenoxy) is 4. The first kappa shape index (κ1) is 16.5. The van der Waals surface area contributed by atoms with Gasteiger partial charge >= 0.3 is 0 Å². The van der Waals surface area contributed by atoms with E-state index in [-0.39, 0.29) is 13.0 Å². The van der Waals surface area contributed by atoms with Crippen molar-refractivity contribution in [2.75, 3.05) is 13.7 Å². The van der Waals surface area contributed by atoms with Crippen LogP contribution in [0.5, 0.6) is 0 Å². The van der Waals surface area contributed by atoms with Gasteiger partial charge in [0.15, 0.2) is 12.6 Å². The summed E-state index contributed by atoms with van der Waals surface area (Å²) >= 11 is 0. The van der Waals surface area contributed by atoms with Gasteiger partial charge in [-0.25, -0.2) is 0 Å². The van der Waals surface area contributed by atoms with E-state index in [4.69, 9.17) is 18.9 Å². The summed E-state index contributed by atoms with van der Waals surface area (Å²) in [5, 5.41) is 50.2. The SMILES string of the molecule is CO[C@@H]1OC[C@@H](O[C@H]2O[C@@H]3CC[C@@]2(O)[C@@H](O)[C@@H]3O)[C@H](O)[C@H]1O. The fourth-order valence-electron chi connectivity index (χ4n) is 3.28. The second-order valence-electron chi connectivity index (χ2n) is 6.06. The van der Waals surface area contributed by atoms with Crippen molar-refractivity contribution < 1.29 is 44.5 Å². The highest BCUT2D eigenvalue weighted by Gasteiger charge is 2.60. The maximum Gasteiger partial charge on any atom is 0.189 e. The van der Waals surface area contributed by atoms with Crippen LogP contribution < -0.4 is 0 Å². The van der Waals surface area contributed by atoms with E-state index in [0.717, 1.165) is 0 Å². The highest BCUT2D eigenvalue weighted by molar-refractivity contribution is 5.06. The van der Waals surface area contributed by atoms with Gasteiger partial charge in [0.1, 0.15) is 36.1 Å². The molecule has 0 aromatic carbocycles. The summed E-state index contributed by atoms with van der Waals surface area (Å²) in [7, 11) is 1.34. The third-order valence-corrected chi connectivity index (χ3v) is 4.72. The predicted octanol–water partition coefficient (Wildman–Crippen LogP) is -2.93. The van der Waals surface area contributed by atoms with Gasteiger partial charge in [-0.3, -0.25) is 0 Å². The molecule has 9 heteroatoms. The highest BCUT2D eigenvalue weighted by Crippen LogP contribution is 2.42. The molecular weight excluding hydrogens is 300 g/mol. The Bertz CT molecular complexity index is 407. The summed E-state index contributed by atoms with van der Waals surface area (Å²) in [6.45, 7) is -0.0734. The van der Waals surface area contributed by atoms with Crippen LogP contribution in [0.2, 0.25) is 0 Å². The zero-order valence-corrected chi connectivity index (χ0v) is 12.1. The molecule has 9 nitrogen and oxygen atoms in total. The van der Waals surface area contributed by atoms with Crippen LogP contribution in [0.3, 0.4) is 0 Å². The molecule has 128 valence electrons. The minimum atomic E-state index is -1.77. The molecule has 4 rings (SSSR count). The van der Waals surface area contributed by atoms with E-state index in [1.165, 1.54) is 7.11 Å². The molecule has 3 heterocycles. The molecule has 4 fully saturated rings. The smallest absolute Gasteiger partial charge is 0.189 e. The van der Waals surface area contributed by atoms with Crippen LogP contribution in [0.4, 0.5) is 0 Å². The molecule has 0 spiro atoms. The third-order valence-electron chi connectivity index (χ3n) is 4.72. The van der Waals surface area contributed by atoms with Gasteiger partial charge in [-0.15, -0.1) is 0 Å². The lowest BCUT2D eigenvalue weighted by Crippen LogP contribution is -2.71. The van der Waals surface area contributed by atoms with E-state index in [0.29, 0.717) is 6.42 Å². The summed E-state index contributed by atoms with van der Waals surface area (Å²) < 4.78 is 21.1. The normalized spacial score (nSPS) is 55.4. The predicted molar refractivity (Wildman–Crippen MR) is 68.5 cm³/mol. The first-order valence-electron chi connectivity index (χ1n) is 7.28. The summed E-state index contributed by atoms with van der Waals surface area (Å²) in [5.41, 5.74) is -1.77. The Kier molecular flexibility index (Phi) is 4.45. The number of aliphatic hydroxyl groups excluding tert-OH is 4. The fraction of sp³-hybridized carbons (Fsp3) is 1.00. The van der Waals surface area contributed by atoms with Crippen molar-refractivity contribution in [2.45, 2.75) is 67.6 Å². The molecule has 3 saturated heterocycles. The first-order valence-corrected chi connectivity index (χ1v) is 7.28. The molecule has 1 aliphatic carbocycles. The lowest BCUT2D eigenvalue weighted by molar-refractivity contribution is -0.387. The van der Waals surface area contributed by atoms with Crippen molar-refractivity contribution in [3.05, 3.63) is 0 Å². The summed E-state index contributed by atoms with van der Waals surface area (Å²) in [5.74, 6) is 0. The van der Waals surface area contributed by atoms with Crippen LogP contribution in [0, 0.1) is 0 Å². The van der Waals surface area contributed by atoms with Gasteiger partial charge in [0, 0.05) is 7.11 Å². The zero-order valence-electron chi connectivity index (χ0n) is 12.1. The van der Waals surface area contributed by atoms with Crippen LogP contribution in [0.1, 0.15) is 12.8 Å². The van der Waals surface area contributed by atoms with Crippen molar-refractivity contribution in [1.29, 1.82) is 0 Å². The average Bonchev–Trinajstić information content (AvgIpc) is 2.51. The van der Waals surface area contributed by atoms with Gasteiger partial charge in [0.2, 0.25) is 0 Å². The zero-order chi connectivity index (χ0) is 16.1. The van der Waals surface area contributed by atoms with Gasteiger partial charge < -0.3 is 44.5 Å². The van der Waals surface area contributed by atoms with Crippen molar-refractivity contribution in [3.63, 3.8) is 0 Å². The van der Waals surface area contributed by atoms with E-state index in [9.17, 15) is 25.5 Å². The molecule has 4 aliphatic rings. The molecule has 0 radical (unpaired) electrons. The number of hydrogen-bond acceptors (Lipinski definition) is 9. The molecule has 2 bridgehead atoms. The van der Waals surface area contributed by atoms with Crippen LogP contribution >= 0.6 is 0 Å². The molecular formula is C13H22O9. The monoisotopic (exact) mass is 322 g/mol. The minimum Gasteiger partial charge on any atom is -0.388 e. The van der Waals surface area contributed by atoms with Crippen molar-refractivity contribution in [2.24, 2.45) is 0 Å². The Labute approximate surface area is 127 Å². The van der Waals surface area contributed by atoms with Crippen molar-refractivity contribution in [3.8, 4) is 0 Å². The van der Waals surface area contributed by atoms with Crippen molar-refractivity contribution in [1.82, 2.24) is 0 Å². The molecule has 5 N–H and O–H groups in total. The van der Waals surface area contributed by atoms with E-state index < -0.39 is 54.8 Å². The van der Waals surface area contributed by atoms with E-state index >= 15 is 0 Å². The molecule has 1 saturated carbocycles. The van der Waals surface area contributed by atoms with Crippen LogP contribution in [-0.2, 0) is 18.9 Å². The lowest BCUT2D eigenvalue weighted by atomic mass is 9.75. The largest absolute Gasteiger partial charge is 0.388 e. The molecule has 0 unspecified atom stereocenters. The second kappa shape index (κ2) is 5.93. The maximum atomic E-state index is 10.5. The van der Waals surface area contributed by atoms with Crippen LogP contribution in [0.15, 0.2) is 0 Å². The Morgan fingerprint density at radius 2 is 1.82 bits per heavy atom. The topological polar surface area (TPSA) is 138 Å². The molecule has 0 aromatic rings. The van der Waals surface area contributed by atoms with E-state index in [1.807, 2.05) is 0 Å². The minimum absolute atomic E-state index is 0.0734. The summed E-state index contributed by atoms with van der Waals surface area (Å²) in [6, 6.07) is 0. The van der Waals surface area contributed by atoms with Crippen LogP contribution in [0.25, 0.3) is 0 Å². The lowest BCUT2D eigenvalue weighted by Gasteiger charge is -2.54. The van der Waals surface area contributed by atoms with Crippen LogP contribution in [-0.4, -0.2) is 94.1 Å². The Morgan fingerprint density at radius 1 is 1.09 bits per heavy atom. The number of fused-ring (bicyclic) bond motifs is 3. The number of rotatable bonds is 3. The van der Waals surface area contributed by atoms with E-state index in [2.05, 4.69) is 0 Å². The van der Waals surface area contributed by atoms with Crippen molar-refractivity contribution >= 4 is 0 Å². The third kappa shape index (κ3) is 2.46. The van der Waals surface area contributed by atoms with Gasteiger partial charge in [0.05, 0.1) is 12.7 Å². The summed E-state index contributed by atoms with van der Waals surface area (Å²) in [4.78, 5) is 0. The molecule has 3 aliphatic heterocycles. The Hall–Kier alpha value is -0.360. The number of aliphatic hydroxyl groups is 5. The first-order chi connectivity index (χ1) is 10.4. The molecule has 0 aromatic heterocycles.